The van der Waals surface area contributed by atoms with Gasteiger partial charge in [0.05, 0.1) is 0 Å². The van der Waals surface area contributed by atoms with Crippen molar-refractivity contribution >= 4 is 37.4 Å². The largest absolute Gasteiger partial charge is 0.320 e. The number of thiophene rings is 1. The van der Waals surface area contributed by atoms with Crippen molar-refractivity contribution in [3.8, 4) is 0 Å². The normalized spacial score (nSPS) is 11.1. The summed E-state index contributed by atoms with van der Waals surface area (Å²) in [5, 5.41) is 6.91. The highest BCUT2D eigenvalue weighted by Gasteiger charge is 2.05. The van der Waals surface area contributed by atoms with E-state index in [2.05, 4.69) is 44.8 Å². The van der Waals surface area contributed by atoms with Gasteiger partial charge < -0.3 is 5.32 Å². The summed E-state index contributed by atoms with van der Waals surface area (Å²) in [6.07, 6.45) is 3.71. The zero-order valence-electron chi connectivity index (χ0n) is 9.42. The first kappa shape index (κ1) is 12.1. The van der Waals surface area contributed by atoms with Crippen molar-refractivity contribution in [1.29, 1.82) is 0 Å². The molecule has 0 aliphatic rings. The average molecular weight is 298 g/mol. The molecule has 16 heavy (non-hydrogen) atoms. The molecule has 86 valence electrons. The topological polar surface area (TPSA) is 12.0 Å². The van der Waals surface area contributed by atoms with Gasteiger partial charge >= 0.3 is 0 Å². The van der Waals surface area contributed by atoms with E-state index in [1.165, 1.54) is 39.4 Å². The smallest absolute Gasteiger partial charge is 0.0487 e. The molecule has 0 saturated carbocycles. The van der Waals surface area contributed by atoms with Crippen LogP contribution in [0.25, 0.3) is 10.1 Å². The molecule has 0 amide bonds. The number of hydrogen-bond acceptors (Lipinski definition) is 2. The Morgan fingerprint density at radius 3 is 3.00 bits per heavy atom. The van der Waals surface area contributed by atoms with Gasteiger partial charge in [0.2, 0.25) is 0 Å². The predicted octanol–water partition coefficient (Wildman–Crippen LogP) is 4.21. The molecule has 2 aromatic rings. The predicted molar refractivity (Wildman–Crippen MR) is 76.4 cm³/mol. The molecule has 0 unspecified atom stereocenters. The van der Waals surface area contributed by atoms with E-state index in [9.17, 15) is 0 Å². The van der Waals surface area contributed by atoms with E-state index < -0.39 is 0 Å². The first-order valence-electron chi connectivity index (χ1n) is 5.62. The minimum absolute atomic E-state index is 1.12. The highest BCUT2D eigenvalue weighted by molar-refractivity contribution is 9.10. The van der Waals surface area contributed by atoms with Crippen molar-refractivity contribution in [2.45, 2.75) is 19.3 Å². The number of aryl methyl sites for hydroxylation is 1. The Bertz CT molecular complexity index is 464. The van der Waals surface area contributed by atoms with E-state index in [0.29, 0.717) is 0 Å². The molecule has 1 nitrogen and oxygen atoms in total. The quantitative estimate of drug-likeness (QED) is 0.816. The summed E-state index contributed by atoms with van der Waals surface area (Å²) in [6, 6.07) is 6.46. The Labute approximate surface area is 109 Å². The summed E-state index contributed by atoms with van der Waals surface area (Å²) < 4.78 is 2.60. The summed E-state index contributed by atoms with van der Waals surface area (Å²) in [7, 11) is 2.01. The van der Waals surface area contributed by atoms with Crippen molar-refractivity contribution in [2.75, 3.05) is 13.6 Å². The number of rotatable bonds is 5. The van der Waals surface area contributed by atoms with Gasteiger partial charge in [0.25, 0.3) is 0 Å². The van der Waals surface area contributed by atoms with Crippen molar-refractivity contribution in [3.05, 3.63) is 33.6 Å². The molecule has 0 atom stereocenters. The van der Waals surface area contributed by atoms with E-state index in [1.807, 2.05) is 18.4 Å². The van der Waals surface area contributed by atoms with Gasteiger partial charge in [-0.05, 0) is 71.2 Å². The van der Waals surface area contributed by atoms with Gasteiger partial charge in [-0.15, -0.1) is 11.3 Å². The standard InChI is InChI=1S/C13H16BrNS/c1-15-8-3-2-5-10-9-16-13-11(10)6-4-7-12(13)14/h4,6-7,9,15H,2-3,5,8H2,1H3. The first-order valence-corrected chi connectivity index (χ1v) is 7.29. The Balaban J connectivity index is 2.10. The number of hydrogen-bond donors (Lipinski definition) is 1. The maximum Gasteiger partial charge on any atom is 0.0487 e. The third-order valence-corrected chi connectivity index (χ3v) is 4.76. The van der Waals surface area contributed by atoms with Crippen LogP contribution in [0.4, 0.5) is 0 Å². The van der Waals surface area contributed by atoms with Gasteiger partial charge in [0.1, 0.15) is 0 Å². The molecule has 1 heterocycles. The number of benzene rings is 1. The number of halogens is 1. The van der Waals surface area contributed by atoms with Crippen molar-refractivity contribution < 1.29 is 0 Å². The molecule has 1 aromatic carbocycles. The van der Waals surface area contributed by atoms with Gasteiger partial charge in [0, 0.05) is 9.17 Å². The Kier molecular flexibility index (Phi) is 4.38. The van der Waals surface area contributed by atoms with Crippen LogP contribution in [-0.2, 0) is 6.42 Å². The van der Waals surface area contributed by atoms with Crippen molar-refractivity contribution in [3.63, 3.8) is 0 Å². The fraction of sp³-hybridized carbons (Fsp3) is 0.385. The van der Waals surface area contributed by atoms with Gasteiger partial charge in [0.15, 0.2) is 0 Å². The minimum Gasteiger partial charge on any atom is -0.320 e. The first-order chi connectivity index (χ1) is 7.83. The molecule has 0 radical (unpaired) electrons. The molecule has 0 bridgehead atoms. The van der Waals surface area contributed by atoms with Crippen molar-refractivity contribution in [1.82, 2.24) is 5.32 Å². The lowest BCUT2D eigenvalue weighted by atomic mass is 10.1. The fourth-order valence-electron chi connectivity index (χ4n) is 1.89. The number of fused-ring (bicyclic) bond motifs is 1. The zero-order chi connectivity index (χ0) is 11.4. The van der Waals surface area contributed by atoms with E-state index in [4.69, 9.17) is 0 Å². The van der Waals surface area contributed by atoms with Crippen LogP contribution < -0.4 is 5.32 Å². The van der Waals surface area contributed by atoms with Crippen molar-refractivity contribution in [2.24, 2.45) is 0 Å². The molecule has 0 saturated heterocycles. The molecule has 1 aromatic heterocycles. The highest BCUT2D eigenvalue weighted by atomic mass is 79.9. The Hall–Kier alpha value is -0.380. The molecule has 0 aliphatic carbocycles. The molecule has 0 spiro atoms. The molecule has 0 aliphatic heterocycles. The van der Waals surface area contributed by atoms with Crippen LogP contribution in [0.2, 0.25) is 0 Å². The summed E-state index contributed by atoms with van der Waals surface area (Å²) in [5.74, 6) is 0. The maximum atomic E-state index is 3.60. The molecule has 0 fully saturated rings. The summed E-state index contributed by atoms with van der Waals surface area (Å²) in [4.78, 5) is 0. The third-order valence-electron chi connectivity index (χ3n) is 2.75. The second kappa shape index (κ2) is 5.80. The molecule has 3 heteroatoms. The maximum absolute atomic E-state index is 3.60. The Morgan fingerprint density at radius 2 is 2.19 bits per heavy atom. The summed E-state index contributed by atoms with van der Waals surface area (Å²) in [5.41, 5.74) is 1.50. The van der Waals surface area contributed by atoms with E-state index >= 15 is 0 Å². The summed E-state index contributed by atoms with van der Waals surface area (Å²) >= 11 is 5.45. The summed E-state index contributed by atoms with van der Waals surface area (Å²) in [6.45, 7) is 1.12. The highest BCUT2D eigenvalue weighted by Crippen LogP contribution is 2.32. The van der Waals surface area contributed by atoms with Crippen LogP contribution in [0.5, 0.6) is 0 Å². The van der Waals surface area contributed by atoms with Gasteiger partial charge in [-0.3, -0.25) is 0 Å². The van der Waals surface area contributed by atoms with Gasteiger partial charge in [-0.1, -0.05) is 12.1 Å². The average Bonchev–Trinajstić information content (AvgIpc) is 2.70. The fourth-order valence-corrected chi connectivity index (χ4v) is 3.54. The van der Waals surface area contributed by atoms with Gasteiger partial charge in [-0.2, -0.15) is 0 Å². The number of unbranched alkanes of at least 4 members (excludes halogenated alkanes) is 1. The van der Waals surface area contributed by atoms with E-state index in [0.717, 1.165) is 6.54 Å². The second-order valence-electron chi connectivity index (χ2n) is 3.94. The lowest BCUT2D eigenvalue weighted by Gasteiger charge is -2.00. The van der Waals surface area contributed by atoms with Crippen LogP contribution in [-0.4, -0.2) is 13.6 Å². The monoisotopic (exact) mass is 297 g/mol. The lowest BCUT2D eigenvalue weighted by molar-refractivity contribution is 0.679. The second-order valence-corrected chi connectivity index (χ2v) is 5.67. The molecular formula is C13H16BrNS. The van der Waals surface area contributed by atoms with Crippen LogP contribution in [0.1, 0.15) is 18.4 Å². The van der Waals surface area contributed by atoms with Crippen LogP contribution in [0.15, 0.2) is 28.1 Å². The lowest BCUT2D eigenvalue weighted by Crippen LogP contribution is -2.07. The van der Waals surface area contributed by atoms with Gasteiger partial charge in [-0.25, -0.2) is 0 Å². The van der Waals surface area contributed by atoms with E-state index in [1.54, 1.807) is 0 Å². The number of nitrogens with one attached hydrogen (secondary N) is 1. The third kappa shape index (κ3) is 2.65. The van der Waals surface area contributed by atoms with Crippen LogP contribution in [0.3, 0.4) is 0 Å². The van der Waals surface area contributed by atoms with Crippen LogP contribution >= 0.6 is 27.3 Å². The molecule has 2 rings (SSSR count). The Morgan fingerprint density at radius 1 is 1.31 bits per heavy atom. The molecular weight excluding hydrogens is 282 g/mol. The van der Waals surface area contributed by atoms with E-state index in [-0.39, 0.29) is 0 Å². The zero-order valence-corrected chi connectivity index (χ0v) is 11.8. The SMILES string of the molecule is CNCCCCc1csc2c(Br)cccc12. The van der Waals surface area contributed by atoms with Crippen LogP contribution in [0, 0.1) is 0 Å². The minimum atomic E-state index is 1.12. The molecule has 1 N–H and O–H groups in total.